The van der Waals surface area contributed by atoms with E-state index in [1.54, 1.807) is 0 Å². The summed E-state index contributed by atoms with van der Waals surface area (Å²) in [5.41, 5.74) is 1.16. The van der Waals surface area contributed by atoms with E-state index in [0.717, 1.165) is 18.4 Å². The molecular formula is C11H18F2. The lowest BCUT2D eigenvalue weighted by atomic mass is 9.83. The van der Waals surface area contributed by atoms with Gasteiger partial charge in [-0.1, -0.05) is 5.57 Å². The van der Waals surface area contributed by atoms with Crippen LogP contribution in [0.25, 0.3) is 0 Å². The molecule has 0 spiro atoms. The monoisotopic (exact) mass is 188 g/mol. The third-order valence-electron chi connectivity index (χ3n) is 2.82. The first-order valence-electron chi connectivity index (χ1n) is 5.02. The van der Waals surface area contributed by atoms with Crippen molar-refractivity contribution in [2.24, 2.45) is 5.92 Å². The van der Waals surface area contributed by atoms with Gasteiger partial charge in [0.05, 0.1) is 0 Å². The van der Waals surface area contributed by atoms with E-state index in [-0.39, 0.29) is 12.8 Å². The van der Waals surface area contributed by atoms with Crippen LogP contribution in [0.2, 0.25) is 0 Å². The molecule has 1 saturated carbocycles. The van der Waals surface area contributed by atoms with Crippen LogP contribution in [0.15, 0.2) is 12.2 Å². The molecule has 0 heterocycles. The highest BCUT2D eigenvalue weighted by molar-refractivity contribution is 4.89. The highest BCUT2D eigenvalue weighted by atomic mass is 19.3. The lowest BCUT2D eigenvalue weighted by Crippen LogP contribution is -2.24. The van der Waals surface area contributed by atoms with Crippen molar-refractivity contribution in [3.8, 4) is 0 Å². The van der Waals surface area contributed by atoms with Gasteiger partial charge < -0.3 is 0 Å². The molecule has 0 radical (unpaired) electrons. The van der Waals surface area contributed by atoms with Crippen LogP contribution in [-0.4, -0.2) is 5.92 Å². The zero-order valence-electron chi connectivity index (χ0n) is 8.28. The molecule has 0 saturated heterocycles. The molecule has 0 aromatic heterocycles. The standard InChI is InChI=1S/C11H18F2/c1-9(2)3-4-10-5-7-11(12,13)8-6-10/h10H,1,3-8H2,2H3. The Morgan fingerprint density at radius 1 is 1.38 bits per heavy atom. The zero-order chi connectivity index (χ0) is 9.90. The van der Waals surface area contributed by atoms with E-state index < -0.39 is 5.92 Å². The van der Waals surface area contributed by atoms with Crippen LogP contribution < -0.4 is 0 Å². The van der Waals surface area contributed by atoms with E-state index in [1.165, 1.54) is 0 Å². The molecule has 0 N–H and O–H groups in total. The minimum Gasteiger partial charge on any atom is -0.207 e. The van der Waals surface area contributed by atoms with E-state index in [0.29, 0.717) is 18.8 Å². The van der Waals surface area contributed by atoms with Gasteiger partial charge >= 0.3 is 0 Å². The topological polar surface area (TPSA) is 0 Å². The van der Waals surface area contributed by atoms with Gasteiger partial charge in [-0.25, -0.2) is 8.78 Å². The van der Waals surface area contributed by atoms with Gasteiger partial charge in [-0.05, 0) is 38.5 Å². The second-order valence-corrected chi connectivity index (χ2v) is 4.30. The Bertz CT molecular complexity index is 175. The molecule has 0 amide bonds. The van der Waals surface area contributed by atoms with E-state index in [4.69, 9.17) is 0 Å². The van der Waals surface area contributed by atoms with Crippen LogP contribution in [0.3, 0.4) is 0 Å². The summed E-state index contributed by atoms with van der Waals surface area (Å²) in [6.45, 7) is 5.82. The van der Waals surface area contributed by atoms with Crippen molar-refractivity contribution in [2.75, 3.05) is 0 Å². The van der Waals surface area contributed by atoms with E-state index >= 15 is 0 Å². The Kier molecular flexibility index (Phi) is 3.46. The molecule has 0 nitrogen and oxygen atoms in total. The van der Waals surface area contributed by atoms with Crippen LogP contribution in [0.4, 0.5) is 8.78 Å². The van der Waals surface area contributed by atoms with Crippen LogP contribution in [-0.2, 0) is 0 Å². The molecule has 0 unspecified atom stereocenters. The van der Waals surface area contributed by atoms with Gasteiger partial charge in [0.15, 0.2) is 0 Å². The summed E-state index contributed by atoms with van der Waals surface area (Å²) in [5, 5.41) is 0. The summed E-state index contributed by atoms with van der Waals surface area (Å²) >= 11 is 0. The summed E-state index contributed by atoms with van der Waals surface area (Å²) in [7, 11) is 0. The lowest BCUT2D eigenvalue weighted by Gasteiger charge is -2.28. The van der Waals surface area contributed by atoms with Crippen molar-refractivity contribution in [1.82, 2.24) is 0 Å². The minimum absolute atomic E-state index is 0.0911. The van der Waals surface area contributed by atoms with Gasteiger partial charge in [0.1, 0.15) is 0 Å². The fraction of sp³-hybridized carbons (Fsp3) is 0.818. The van der Waals surface area contributed by atoms with Crippen LogP contribution in [0, 0.1) is 5.92 Å². The molecule has 2 heteroatoms. The lowest BCUT2D eigenvalue weighted by molar-refractivity contribution is -0.0464. The summed E-state index contributed by atoms with van der Waals surface area (Å²) in [4.78, 5) is 0. The Balaban J connectivity index is 2.21. The molecule has 0 aromatic carbocycles. The first kappa shape index (κ1) is 10.7. The molecule has 13 heavy (non-hydrogen) atoms. The summed E-state index contributed by atoms with van der Waals surface area (Å²) in [6, 6.07) is 0. The quantitative estimate of drug-likeness (QED) is 0.583. The van der Waals surface area contributed by atoms with Crippen LogP contribution >= 0.6 is 0 Å². The highest BCUT2D eigenvalue weighted by Crippen LogP contribution is 2.38. The average molecular weight is 188 g/mol. The molecule has 1 fully saturated rings. The van der Waals surface area contributed by atoms with Gasteiger partial charge in [0.25, 0.3) is 0 Å². The fourth-order valence-electron chi connectivity index (χ4n) is 1.84. The second kappa shape index (κ2) is 4.21. The summed E-state index contributed by atoms with van der Waals surface area (Å²) in [6.07, 6.45) is 3.62. The van der Waals surface area contributed by atoms with Crippen LogP contribution in [0.5, 0.6) is 0 Å². The molecule has 0 aromatic rings. The molecular weight excluding hydrogens is 170 g/mol. The molecule has 0 atom stereocenters. The highest BCUT2D eigenvalue weighted by Gasteiger charge is 2.34. The third kappa shape index (κ3) is 3.88. The largest absolute Gasteiger partial charge is 0.248 e. The van der Waals surface area contributed by atoms with E-state index in [2.05, 4.69) is 6.58 Å². The number of alkyl halides is 2. The molecule has 0 aliphatic heterocycles. The molecule has 1 rings (SSSR count). The number of allylic oxidation sites excluding steroid dienone is 1. The molecule has 1 aliphatic rings. The average Bonchev–Trinajstić information content (AvgIpc) is 2.02. The summed E-state index contributed by atoms with van der Waals surface area (Å²) in [5.74, 6) is -1.86. The van der Waals surface area contributed by atoms with Crippen molar-refractivity contribution in [3.05, 3.63) is 12.2 Å². The predicted octanol–water partition coefficient (Wildman–Crippen LogP) is 4.17. The maximum Gasteiger partial charge on any atom is 0.248 e. The smallest absolute Gasteiger partial charge is 0.207 e. The fourth-order valence-corrected chi connectivity index (χ4v) is 1.84. The first-order chi connectivity index (χ1) is 5.99. The predicted molar refractivity (Wildman–Crippen MR) is 51.0 cm³/mol. The number of hydrogen-bond donors (Lipinski definition) is 0. The summed E-state index contributed by atoms with van der Waals surface area (Å²) < 4.78 is 25.5. The van der Waals surface area contributed by atoms with E-state index in [9.17, 15) is 8.78 Å². The van der Waals surface area contributed by atoms with Gasteiger partial charge in [-0.3, -0.25) is 0 Å². The normalized spacial score (nSPS) is 23.0. The van der Waals surface area contributed by atoms with Crippen molar-refractivity contribution >= 4 is 0 Å². The van der Waals surface area contributed by atoms with Crippen LogP contribution in [0.1, 0.15) is 45.4 Å². The Labute approximate surface area is 79.0 Å². The van der Waals surface area contributed by atoms with Crippen molar-refractivity contribution < 1.29 is 8.78 Å². The van der Waals surface area contributed by atoms with Crippen molar-refractivity contribution in [3.63, 3.8) is 0 Å². The Hall–Kier alpha value is -0.400. The zero-order valence-corrected chi connectivity index (χ0v) is 8.28. The SMILES string of the molecule is C=C(C)CCC1CCC(F)(F)CC1. The second-order valence-electron chi connectivity index (χ2n) is 4.30. The molecule has 1 aliphatic carbocycles. The van der Waals surface area contributed by atoms with Crippen molar-refractivity contribution in [1.29, 1.82) is 0 Å². The maximum atomic E-state index is 12.8. The minimum atomic E-state index is -2.38. The first-order valence-corrected chi connectivity index (χ1v) is 5.02. The van der Waals surface area contributed by atoms with Gasteiger partial charge in [0.2, 0.25) is 5.92 Å². The Morgan fingerprint density at radius 3 is 2.38 bits per heavy atom. The number of halogens is 2. The van der Waals surface area contributed by atoms with Gasteiger partial charge in [-0.15, -0.1) is 6.58 Å². The number of rotatable bonds is 3. The Morgan fingerprint density at radius 2 is 1.92 bits per heavy atom. The molecule has 0 bridgehead atoms. The van der Waals surface area contributed by atoms with Gasteiger partial charge in [0, 0.05) is 12.8 Å². The third-order valence-corrected chi connectivity index (χ3v) is 2.82. The van der Waals surface area contributed by atoms with Gasteiger partial charge in [-0.2, -0.15) is 0 Å². The molecule has 76 valence electrons. The number of hydrogen-bond acceptors (Lipinski definition) is 0. The van der Waals surface area contributed by atoms with E-state index in [1.807, 2.05) is 6.92 Å². The van der Waals surface area contributed by atoms with Crippen molar-refractivity contribution in [2.45, 2.75) is 51.4 Å². The maximum absolute atomic E-state index is 12.8.